The minimum absolute atomic E-state index is 0.376. The Kier molecular flexibility index (Phi) is 5.15. The molecule has 0 fully saturated rings. The summed E-state index contributed by atoms with van der Waals surface area (Å²) in [6, 6.07) is 2.90. The average Bonchev–Trinajstić information content (AvgIpc) is 2.51. The van der Waals surface area contributed by atoms with Crippen molar-refractivity contribution in [1.29, 1.82) is 0 Å². The number of phenolic OH excluding ortho intramolecular Hbond substituents is 2. The first-order chi connectivity index (χ1) is 12.7. The maximum atomic E-state index is 14.0. The molecule has 5 nitrogen and oxygen atoms in total. The molecule has 0 aliphatic heterocycles. The molecule has 28 heavy (non-hydrogen) atoms. The van der Waals surface area contributed by atoms with Crippen LogP contribution >= 0.6 is 0 Å². The average molecular weight is 408 g/mol. The molecule has 11 heteroatoms. The lowest BCUT2D eigenvalue weighted by Gasteiger charge is -2.38. The zero-order chi connectivity index (χ0) is 21.5. The van der Waals surface area contributed by atoms with Crippen molar-refractivity contribution in [2.45, 2.75) is 24.7 Å². The number of amides is 1. The second kappa shape index (κ2) is 6.80. The number of alkyl halides is 6. The van der Waals surface area contributed by atoms with Gasteiger partial charge in [0.25, 0.3) is 0 Å². The molecule has 0 saturated carbocycles. The van der Waals surface area contributed by atoms with Crippen LogP contribution in [0.3, 0.4) is 0 Å². The summed E-state index contributed by atoms with van der Waals surface area (Å²) in [5.74, 6) is -2.22. The number of halogens is 6. The van der Waals surface area contributed by atoms with E-state index in [1.54, 1.807) is 0 Å². The molecule has 5 N–H and O–H groups in total. The fourth-order valence-corrected chi connectivity index (χ4v) is 2.83. The zero-order valence-corrected chi connectivity index (χ0v) is 14.1. The van der Waals surface area contributed by atoms with E-state index >= 15 is 0 Å². The normalized spacial score (nSPS) is 12.7. The van der Waals surface area contributed by atoms with Crippen molar-refractivity contribution in [3.63, 3.8) is 0 Å². The lowest BCUT2D eigenvalue weighted by Crippen LogP contribution is -2.54. The Morgan fingerprint density at radius 2 is 1.36 bits per heavy atom. The van der Waals surface area contributed by atoms with E-state index in [0.717, 1.165) is 6.92 Å². The van der Waals surface area contributed by atoms with Crippen LogP contribution in [-0.2, 0) is 10.2 Å². The van der Waals surface area contributed by atoms with Crippen LogP contribution in [0.5, 0.6) is 11.5 Å². The lowest BCUT2D eigenvalue weighted by molar-refractivity contribution is -0.288. The summed E-state index contributed by atoms with van der Waals surface area (Å²) < 4.78 is 84.0. The van der Waals surface area contributed by atoms with Gasteiger partial charge in [-0.3, -0.25) is 4.79 Å². The summed E-state index contributed by atoms with van der Waals surface area (Å²) in [6.45, 7) is 0.966. The predicted octanol–water partition coefficient (Wildman–Crippen LogP) is 4.05. The van der Waals surface area contributed by atoms with Crippen molar-refractivity contribution in [2.24, 2.45) is 0 Å². The van der Waals surface area contributed by atoms with Gasteiger partial charge in [0.2, 0.25) is 11.3 Å². The van der Waals surface area contributed by atoms with Crippen molar-refractivity contribution in [1.82, 2.24) is 0 Å². The Bertz CT molecular complexity index is 895. The molecular formula is C17H14F6N2O3. The number of benzene rings is 2. The van der Waals surface area contributed by atoms with Crippen molar-refractivity contribution in [2.75, 3.05) is 11.1 Å². The summed E-state index contributed by atoms with van der Waals surface area (Å²) >= 11 is 0. The summed E-state index contributed by atoms with van der Waals surface area (Å²) in [7, 11) is 0. The number of aromatic hydroxyl groups is 2. The molecule has 152 valence electrons. The van der Waals surface area contributed by atoms with Gasteiger partial charge >= 0.3 is 12.4 Å². The van der Waals surface area contributed by atoms with E-state index in [-0.39, 0.29) is 0 Å². The van der Waals surface area contributed by atoms with Crippen LogP contribution in [0.4, 0.5) is 37.7 Å². The number of nitrogens with two attached hydrogens (primary N) is 1. The van der Waals surface area contributed by atoms with Gasteiger partial charge < -0.3 is 21.3 Å². The Labute approximate surface area is 154 Å². The Morgan fingerprint density at radius 3 is 1.79 bits per heavy atom. The lowest BCUT2D eigenvalue weighted by atomic mass is 9.72. The highest BCUT2D eigenvalue weighted by Gasteiger charge is 2.72. The Hall–Kier alpha value is -3.11. The van der Waals surface area contributed by atoms with Crippen molar-refractivity contribution >= 4 is 17.3 Å². The number of phenols is 2. The first-order valence-corrected chi connectivity index (χ1v) is 7.55. The van der Waals surface area contributed by atoms with Crippen LogP contribution < -0.4 is 11.1 Å². The molecule has 0 saturated heterocycles. The van der Waals surface area contributed by atoms with Crippen molar-refractivity contribution < 1.29 is 41.4 Å². The highest BCUT2D eigenvalue weighted by atomic mass is 19.4. The Morgan fingerprint density at radius 1 is 0.893 bits per heavy atom. The fraction of sp³-hybridized carbons (Fsp3) is 0.235. The van der Waals surface area contributed by atoms with E-state index in [4.69, 9.17) is 5.73 Å². The number of carbonyl (C=O) groups excluding carboxylic acids is 1. The first kappa shape index (κ1) is 21.2. The molecule has 0 aliphatic rings. The van der Waals surface area contributed by atoms with E-state index < -0.39 is 57.7 Å². The molecule has 0 spiro atoms. The van der Waals surface area contributed by atoms with E-state index in [2.05, 4.69) is 0 Å². The van der Waals surface area contributed by atoms with Crippen LogP contribution in [0, 0.1) is 0 Å². The number of rotatable bonds is 3. The Balaban J connectivity index is 2.93. The summed E-state index contributed by atoms with van der Waals surface area (Å²) in [5.41, 5.74) is -3.13. The largest absolute Gasteiger partial charge is 0.506 e. The van der Waals surface area contributed by atoms with E-state index in [0.29, 0.717) is 36.4 Å². The minimum atomic E-state index is -5.89. The third kappa shape index (κ3) is 3.39. The molecule has 2 aromatic carbocycles. The SMILES string of the molecule is CC(=O)Nc1cc(C(c2ccc(O)c(N)c2)(C(F)(F)F)C(F)(F)F)ccc1O. The van der Waals surface area contributed by atoms with Gasteiger partial charge in [-0.1, -0.05) is 12.1 Å². The first-order valence-electron chi connectivity index (χ1n) is 7.55. The van der Waals surface area contributed by atoms with Crippen LogP contribution in [0.2, 0.25) is 0 Å². The summed E-state index contributed by atoms with van der Waals surface area (Å²) in [4.78, 5) is 11.2. The van der Waals surface area contributed by atoms with E-state index in [1.165, 1.54) is 0 Å². The summed E-state index contributed by atoms with van der Waals surface area (Å²) in [6.07, 6.45) is -11.8. The van der Waals surface area contributed by atoms with E-state index in [1.807, 2.05) is 5.32 Å². The van der Waals surface area contributed by atoms with Gasteiger partial charge in [-0.15, -0.1) is 0 Å². The molecular weight excluding hydrogens is 394 g/mol. The van der Waals surface area contributed by atoms with Gasteiger partial charge in [0.15, 0.2) is 0 Å². The highest BCUT2D eigenvalue weighted by molar-refractivity contribution is 5.90. The van der Waals surface area contributed by atoms with Gasteiger partial charge in [0.05, 0.1) is 11.4 Å². The third-order valence-electron chi connectivity index (χ3n) is 4.05. The van der Waals surface area contributed by atoms with Crippen LogP contribution in [0.15, 0.2) is 36.4 Å². The molecule has 2 aromatic rings. The summed E-state index contributed by atoms with van der Waals surface area (Å²) in [5, 5.41) is 21.0. The van der Waals surface area contributed by atoms with Gasteiger partial charge in [-0.2, -0.15) is 26.3 Å². The van der Waals surface area contributed by atoms with Crippen LogP contribution in [0.1, 0.15) is 18.1 Å². The topological polar surface area (TPSA) is 95.6 Å². The molecule has 0 unspecified atom stereocenters. The van der Waals surface area contributed by atoms with E-state index in [9.17, 15) is 41.4 Å². The second-order valence-corrected chi connectivity index (χ2v) is 5.93. The maximum Gasteiger partial charge on any atom is 0.411 e. The minimum Gasteiger partial charge on any atom is -0.506 e. The monoisotopic (exact) mass is 408 g/mol. The number of hydrogen-bond acceptors (Lipinski definition) is 4. The van der Waals surface area contributed by atoms with Crippen molar-refractivity contribution in [3.05, 3.63) is 47.5 Å². The van der Waals surface area contributed by atoms with Crippen molar-refractivity contribution in [3.8, 4) is 11.5 Å². The van der Waals surface area contributed by atoms with Gasteiger partial charge in [0.1, 0.15) is 11.5 Å². The van der Waals surface area contributed by atoms with Gasteiger partial charge in [-0.25, -0.2) is 0 Å². The zero-order valence-electron chi connectivity index (χ0n) is 14.1. The smallest absolute Gasteiger partial charge is 0.411 e. The molecule has 0 heterocycles. The second-order valence-electron chi connectivity index (χ2n) is 5.93. The van der Waals surface area contributed by atoms with Crippen LogP contribution in [-0.4, -0.2) is 28.5 Å². The van der Waals surface area contributed by atoms with Gasteiger partial charge in [0, 0.05) is 6.92 Å². The quantitative estimate of drug-likeness (QED) is 0.350. The molecule has 2 rings (SSSR count). The highest BCUT2D eigenvalue weighted by Crippen LogP contribution is 2.57. The molecule has 0 bridgehead atoms. The molecule has 0 atom stereocenters. The fourth-order valence-electron chi connectivity index (χ4n) is 2.83. The number of hydrogen-bond donors (Lipinski definition) is 4. The third-order valence-corrected chi connectivity index (χ3v) is 4.05. The van der Waals surface area contributed by atoms with Crippen LogP contribution in [0.25, 0.3) is 0 Å². The maximum absolute atomic E-state index is 14.0. The number of nitrogens with one attached hydrogen (secondary N) is 1. The number of carbonyl (C=O) groups is 1. The molecule has 0 aliphatic carbocycles. The number of nitrogen functional groups attached to an aromatic ring is 1. The molecule has 0 radical (unpaired) electrons. The molecule has 0 aromatic heterocycles. The predicted molar refractivity (Wildman–Crippen MR) is 87.8 cm³/mol. The number of anilines is 2. The molecule has 1 amide bonds. The standard InChI is InChI=1S/C17H14F6N2O3/c1-8(26)25-12-7-10(3-5-14(12)28)15(16(18,19)20,17(21,22)23)9-2-4-13(27)11(24)6-9/h2-7,27-28H,24H2,1H3,(H,25,26). The van der Waals surface area contributed by atoms with Gasteiger partial charge in [-0.05, 0) is 35.4 Å².